The molecule has 1 fully saturated rings. The molecule has 3 aromatic rings. The predicted octanol–water partition coefficient (Wildman–Crippen LogP) is 3.36. The monoisotopic (exact) mass is 373 g/mol. The van der Waals surface area contributed by atoms with Crippen LogP contribution in [0.1, 0.15) is 15.9 Å². The lowest BCUT2D eigenvalue weighted by molar-refractivity contribution is 0.102. The molecule has 0 spiro atoms. The van der Waals surface area contributed by atoms with Gasteiger partial charge < -0.3 is 15.1 Å². The maximum Gasteiger partial charge on any atom is 0.258 e. The Balaban J connectivity index is 1.37. The standard InChI is InChI=1S/C22H23N5O/c1-17-7-5-6-10-20(17)25-21(28)18-15-23-22(24-16-18)27-13-11-26(12-14-27)19-8-3-2-4-9-19/h2-10,15-16H,11-14H2,1H3,(H,25,28). The number of amides is 1. The third-order valence-corrected chi connectivity index (χ3v) is 4.98. The van der Waals surface area contributed by atoms with Crippen LogP contribution in [-0.4, -0.2) is 42.1 Å². The van der Waals surface area contributed by atoms with E-state index < -0.39 is 0 Å². The van der Waals surface area contributed by atoms with Crippen LogP contribution in [-0.2, 0) is 0 Å². The average Bonchev–Trinajstić information content (AvgIpc) is 2.76. The van der Waals surface area contributed by atoms with E-state index in [0.29, 0.717) is 11.5 Å². The number of aromatic nitrogens is 2. The van der Waals surface area contributed by atoms with Crippen molar-refractivity contribution < 1.29 is 4.79 Å². The number of rotatable bonds is 4. The van der Waals surface area contributed by atoms with Gasteiger partial charge in [0, 0.05) is 49.9 Å². The van der Waals surface area contributed by atoms with Crippen LogP contribution in [0.3, 0.4) is 0 Å². The summed E-state index contributed by atoms with van der Waals surface area (Å²) in [7, 11) is 0. The summed E-state index contributed by atoms with van der Waals surface area (Å²) in [5.74, 6) is 0.468. The van der Waals surface area contributed by atoms with Crippen LogP contribution in [0.5, 0.6) is 0 Å². The first-order valence-corrected chi connectivity index (χ1v) is 9.45. The van der Waals surface area contributed by atoms with Crippen LogP contribution in [0, 0.1) is 6.92 Å². The second-order valence-electron chi connectivity index (χ2n) is 6.85. The smallest absolute Gasteiger partial charge is 0.258 e. The normalized spacial score (nSPS) is 14.0. The van der Waals surface area contributed by atoms with E-state index in [1.165, 1.54) is 5.69 Å². The number of para-hydroxylation sites is 2. The fraction of sp³-hybridized carbons (Fsp3) is 0.227. The Morgan fingerprint density at radius 1 is 0.857 bits per heavy atom. The third kappa shape index (κ3) is 3.96. The van der Waals surface area contributed by atoms with Gasteiger partial charge in [-0.3, -0.25) is 4.79 Å². The minimum absolute atomic E-state index is 0.199. The van der Waals surface area contributed by atoms with E-state index in [9.17, 15) is 4.79 Å². The molecule has 0 bridgehead atoms. The molecule has 1 aliphatic rings. The predicted molar refractivity (Wildman–Crippen MR) is 112 cm³/mol. The minimum atomic E-state index is -0.199. The van der Waals surface area contributed by atoms with Crippen molar-refractivity contribution in [1.82, 2.24) is 9.97 Å². The maximum absolute atomic E-state index is 12.4. The van der Waals surface area contributed by atoms with Crippen molar-refractivity contribution in [3.05, 3.63) is 78.1 Å². The second kappa shape index (κ2) is 8.08. The van der Waals surface area contributed by atoms with Gasteiger partial charge in [-0.2, -0.15) is 0 Å². The Morgan fingerprint density at radius 2 is 1.46 bits per heavy atom. The molecular weight excluding hydrogens is 350 g/mol. The molecule has 0 radical (unpaired) electrons. The molecule has 0 saturated carbocycles. The van der Waals surface area contributed by atoms with Gasteiger partial charge in [-0.15, -0.1) is 0 Å². The molecule has 6 heteroatoms. The zero-order valence-electron chi connectivity index (χ0n) is 15.9. The summed E-state index contributed by atoms with van der Waals surface area (Å²) < 4.78 is 0. The number of anilines is 3. The van der Waals surface area contributed by atoms with Crippen molar-refractivity contribution in [2.24, 2.45) is 0 Å². The van der Waals surface area contributed by atoms with E-state index >= 15 is 0 Å². The summed E-state index contributed by atoms with van der Waals surface area (Å²) in [5, 5.41) is 2.91. The first-order chi connectivity index (χ1) is 13.7. The number of piperazine rings is 1. The van der Waals surface area contributed by atoms with Crippen LogP contribution in [0.2, 0.25) is 0 Å². The largest absolute Gasteiger partial charge is 0.368 e. The Bertz CT molecular complexity index is 935. The van der Waals surface area contributed by atoms with E-state index in [1.807, 2.05) is 37.3 Å². The molecule has 1 aromatic heterocycles. The maximum atomic E-state index is 12.4. The summed E-state index contributed by atoms with van der Waals surface area (Å²) in [4.78, 5) is 25.8. The van der Waals surface area contributed by atoms with Gasteiger partial charge in [0.2, 0.25) is 5.95 Å². The van der Waals surface area contributed by atoms with Crippen molar-refractivity contribution in [3.63, 3.8) is 0 Å². The Labute approximate surface area is 164 Å². The zero-order valence-corrected chi connectivity index (χ0v) is 15.9. The van der Waals surface area contributed by atoms with Crippen LogP contribution in [0.25, 0.3) is 0 Å². The summed E-state index contributed by atoms with van der Waals surface area (Å²) in [5.41, 5.74) is 3.51. The molecule has 4 rings (SSSR count). The number of hydrogen-bond donors (Lipinski definition) is 1. The van der Waals surface area contributed by atoms with E-state index in [1.54, 1.807) is 12.4 Å². The van der Waals surface area contributed by atoms with Crippen LogP contribution in [0.4, 0.5) is 17.3 Å². The molecule has 2 heterocycles. The van der Waals surface area contributed by atoms with Crippen molar-refractivity contribution in [2.75, 3.05) is 41.3 Å². The lowest BCUT2D eigenvalue weighted by Gasteiger charge is -2.36. The molecule has 142 valence electrons. The Hall–Kier alpha value is -3.41. The molecule has 1 N–H and O–H groups in total. The number of hydrogen-bond acceptors (Lipinski definition) is 5. The number of aryl methyl sites for hydroxylation is 1. The highest BCUT2D eigenvalue weighted by Crippen LogP contribution is 2.18. The molecule has 6 nitrogen and oxygen atoms in total. The molecule has 1 aliphatic heterocycles. The molecule has 1 saturated heterocycles. The number of nitrogens with zero attached hydrogens (tertiary/aromatic N) is 4. The lowest BCUT2D eigenvalue weighted by Crippen LogP contribution is -2.47. The van der Waals surface area contributed by atoms with Crippen LogP contribution in [0.15, 0.2) is 67.0 Å². The summed E-state index contributed by atoms with van der Waals surface area (Å²) in [6, 6.07) is 18.1. The van der Waals surface area contributed by atoms with Gasteiger partial charge in [-0.05, 0) is 30.7 Å². The van der Waals surface area contributed by atoms with Crippen LogP contribution >= 0.6 is 0 Å². The molecular formula is C22H23N5O. The fourth-order valence-electron chi connectivity index (χ4n) is 3.31. The molecule has 0 atom stereocenters. The van der Waals surface area contributed by atoms with E-state index in [0.717, 1.165) is 37.4 Å². The fourth-order valence-corrected chi connectivity index (χ4v) is 3.31. The van der Waals surface area contributed by atoms with Gasteiger partial charge in [0.25, 0.3) is 5.91 Å². The number of carbonyl (C=O) groups excluding carboxylic acids is 1. The van der Waals surface area contributed by atoms with Gasteiger partial charge in [0.1, 0.15) is 0 Å². The van der Waals surface area contributed by atoms with Gasteiger partial charge >= 0.3 is 0 Å². The second-order valence-corrected chi connectivity index (χ2v) is 6.85. The average molecular weight is 373 g/mol. The summed E-state index contributed by atoms with van der Waals surface area (Å²) in [6.45, 7) is 5.50. The van der Waals surface area contributed by atoms with Crippen molar-refractivity contribution in [3.8, 4) is 0 Å². The summed E-state index contributed by atoms with van der Waals surface area (Å²) in [6.07, 6.45) is 3.19. The first kappa shape index (κ1) is 18.0. The van der Waals surface area contributed by atoms with Crippen molar-refractivity contribution in [1.29, 1.82) is 0 Å². The summed E-state index contributed by atoms with van der Waals surface area (Å²) >= 11 is 0. The third-order valence-electron chi connectivity index (χ3n) is 4.98. The number of benzene rings is 2. The topological polar surface area (TPSA) is 61.4 Å². The molecule has 28 heavy (non-hydrogen) atoms. The van der Waals surface area contributed by atoms with E-state index in [2.05, 4.69) is 49.4 Å². The van der Waals surface area contributed by atoms with Gasteiger partial charge in [0.05, 0.1) is 5.56 Å². The highest BCUT2D eigenvalue weighted by molar-refractivity contribution is 6.04. The zero-order chi connectivity index (χ0) is 19.3. The van der Waals surface area contributed by atoms with Gasteiger partial charge in [-0.25, -0.2) is 9.97 Å². The van der Waals surface area contributed by atoms with Crippen molar-refractivity contribution in [2.45, 2.75) is 6.92 Å². The highest BCUT2D eigenvalue weighted by Gasteiger charge is 2.19. The molecule has 0 unspecified atom stereocenters. The van der Waals surface area contributed by atoms with Crippen molar-refractivity contribution >= 4 is 23.2 Å². The lowest BCUT2D eigenvalue weighted by atomic mass is 10.2. The molecule has 0 aliphatic carbocycles. The van der Waals surface area contributed by atoms with E-state index in [-0.39, 0.29) is 5.91 Å². The number of nitrogens with one attached hydrogen (secondary N) is 1. The van der Waals surface area contributed by atoms with Crippen LogP contribution < -0.4 is 15.1 Å². The SMILES string of the molecule is Cc1ccccc1NC(=O)c1cnc(N2CCN(c3ccccc3)CC2)nc1. The number of carbonyl (C=O) groups is 1. The van der Waals surface area contributed by atoms with Gasteiger partial charge in [0.15, 0.2) is 0 Å². The Kier molecular flexibility index (Phi) is 5.19. The minimum Gasteiger partial charge on any atom is -0.368 e. The first-order valence-electron chi connectivity index (χ1n) is 9.45. The molecule has 2 aromatic carbocycles. The highest BCUT2D eigenvalue weighted by atomic mass is 16.1. The molecule has 1 amide bonds. The van der Waals surface area contributed by atoms with Gasteiger partial charge in [-0.1, -0.05) is 36.4 Å². The Morgan fingerprint density at radius 3 is 2.14 bits per heavy atom. The quantitative estimate of drug-likeness (QED) is 0.760. The van der Waals surface area contributed by atoms with E-state index in [4.69, 9.17) is 0 Å².